The summed E-state index contributed by atoms with van der Waals surface area (Å²) >= 11 is 0. The Morgan fingerprint density at radius 1 is 1.08 bits per heavy atom. The van der Waals surface area contributed by atoms with Gasteiger partial charge in [0.25, 0.3) is 5.91 Å². The lowest BCUT2D eigenvalue weighted by Gasteiger charge is -2.10. The third-order valence-electron chi connectivity index (χ3n) is 3.89. The number of aryl methyl sites for hydroxylation is 1. The van der Waals surface area contributed by atoms with Crippen molar-refractivity contribution in [2.75, 3.05) is 5.32 Å². The van der Waals surface area contributed by atoms with E-state index in [2.05, 4.69) is 15.3 Å². The summed E-state index contributed by atoms with van der Waals surface area (Å²) < 4.78 is 5.43. The summed E-state index contributed by atoms with van der Waals surface area (Å²) in [6.45, 7) is 1.88. The van der Waals surface area contributed by atoms with Gasteiger partial charge in [-0.3, -0.25) is 9.78 Å². The number of nitrogens with one attached hydrogen (secondary N) is 1. The van der Waals surface area contributed by atoms with Crippen molar-refractivity contribution in [1.82, 2.24) is 9.97 Å². The topological polar surface area (TPSA) is 68.0 Å². The molecule has 0 fully saturated rings. The molecule has 4 aromatic rings. The number of fused-ring (bicyclic) bond motifs is 1. The van der Waals surface area contributed by atoms with E-state index in [1.807, 2.05) is 43.3 Å². The van der Waals surface area contributed by atoms with Gasteiger partial charge in [-0.25, -0.2) is 4.98 Å². The molecule has 0 saturated heterocycles. The Hall–Kier alpha value is -3.47. The molecular weight excluding hydrogens is 314 g/mol. The highest BCUT2D eigenvalue weighted by Gasteiger charge is 2.15. The van der Waals surface area contributed by atoms with E-state index in [-0.39, 0.29) is 5.91 Å². The van der Waals surface area contributed by atoms with Gasteiger partial charge in [0.15, 0.2) is 5.76 Å². The molecule has 0 radical (unpaired) electrons. The maximum Gasteiger partial charge on any atom is 0.256 e. The highest BCUT2D eigenvalue weighted by Crippen LogP contribution is 2.26. The normalized spacial score (nSPS) is 10.8. The fraction of sp³-hybridized carbons (Fsp3) is 0.0500. The highest BCUT2D eigenvalue weighted by atomic mass is 16.3. The van der Waals surface area contributed by atoms with Gasteiger partial charge in [-0.2, -0.15) is 0 Å². The molecule has 0 aliphatic rings. The van der Waals surface area contributed by atoms with Crippen molar-refractivity contribution in [2.45, 2.75) is 6.92 Å². The highest BCUT2D eigenvalue weighted by molar-refractivity contribution is 6.13. The molecule has 0 saturated carbocycles. The first kappa shape index (κ1) is 15.1. The molecule has 5 heteroatoms. The zero-order valence-corrected chi connectivity index (χ0v) is 13.6. The fourth-order valence-corrected chi connectivity index (χ4v) is 2.74. The monoisotopic (exact) mass is 329 g/mol. The van der Waals surface area contributed by atoms with Gasteiger partial charge >= 0.3 is 0 Å². The van der Waals surface area contributed by atoms with Crippen LogP contribution < -0.4 is 5.32 Å². The summed E-state index contributed by atoms with van der Waals surface area (Å²) in [5, 5.41) is 3.72. The van der Waals surface area contributed by atoms with Crippen molar-refractivity contribution in [3.05, 3.63) is 78.3 Å². The molecule has 4 rings (SSSR count). The lowest BCUT2D eigenvalue weighted by Crippen LogP contribution is -2.13. The van der Waals surface area contributed by atoms with Crippen molar-refractivity contribution in [1.29, 1.82) is 0 Å². The van der Waals surface area contributed by atoms with Crippen LogP contribution in [0, 0.1) is 6.92 Å². The van der Waals surface area contributed by atoms with Crippen molar-refractivity contribution in [3.63, 3.8) is 0 Å². The van der Waals surface area contributed by atoms with E-state index in [4.69, 9.17) is 4.42 Å². The van der Waals surface area contributed by atoms with Gasteiger partial charge in [0.2, 0.25) is 0 Å². The number of carbonyl (C=O) groups excluding carboxylic acids is 1. The van der Waals surface area contributed by atoms with Crippen LogP contribution in [0.3, 0.4) is 0 Å². The Bertz CT molecular complexity index is 1060. The minimum atomic E-state index is -0.197. The Balaban J connectivity index is 1.80. The fourth-order valence-electron chi connectivity index (χ4n) is 2.74. The van der Waals surface area contributed by atoms with Crippen molar-refractivity contribution < 1.29 is 9.21 Å². The molecule has 5 nitrogen and oxygen atoms in total. The Morgan fingerprint density at radius 3 is 2.76 bits per heavy atom. The van der Waals surface area contributed by atoms with E-state index in [0.717, 1.165) is 16.6 Å². The van der Waals surface area contributed by atoms with Gasteiger partial charge < -0.3 is 9.73 Å². The second-order valence-electron chi connectivity index (χ2n) is 5.69. The summed E-state index contributed by atoms with van der Waals surface area (Å²) in [6, 6.07) is 16.5. The maximum absolute atomic E-state index is 12.9. The molecule has 3 heterocycles. The zero-order chi connectivity index (χ0) is 17.2. The first-order valence-electron chi connectivity index (χ1n) is 7.88. The van der Waals surface area contributed by atoms with Crippen LogP contribution in [0.15, 0.2) is 71.5 Å². The van der Waals surface area contributed by atoms with Gasteiger partial charge in [0, 0.05) is 23.0 Å². The standard InChI is InChI=1S/C20H15N3O2/c1-13-11-14(8-9-21-13)22-20(24)16-12-18(19-7-4-10-25-19)23-17-6-3-2-5-15(16)17/h2-12H,1H3,(H,21,22,24). The summed E-state index contributed by atoms with van der Waals surface area (Å²) in [7, 11) is 0. The molecule has 0 unspecified atom stereocenters. The number of benzene rings is 1. The number of hydrogen-bond donors (Lipinski definition) is 1. The van der Waals surface area contributed by atoms with Crippen molar-refractivity contribution in [2.24, 2.45) is 0 Å². The molecule has 1 aromatic carbocycles. The quantitative estimate of drug-likeness (QED) is 0.603. The number of pyridine rings is 2. The number of anilines is 1. The predicted molar refractivity (Wildman–Crippen MR) is 96.4 cm³/mol. The van der Waals surface area contributed by atoms with Gasteiger partial charge in [-0.05, 0) is 43.3 Å². The molecule has 3 aromatic heterocycles. The third-order valence-corrected chi connectivity index (χ3v) is 3.89. The molecule has 0 aliphatic carbocycles. The summed E-state index contributed by atoms with van der Waals surface area (Å²) in [6.07, 6.45) is 3.26. The minimum Gasteiger partial charge on any atom is -0.463 e. The van der Waals surface area contributed by atoms with E-state index in [9.17, 15) is 4.79 Å². The number of hydrogen-bond acceptors (Lipinski definition) is 4. The molecule has 25 heavy (non-hydrogen) atoms. The summed E-state index contributed by atoms with van der Waals surface area (Å²) in [5.41, 5.74) is 3.46. The second kappa shape index (κ2) is 6.20. The second-order valence-corrected chi connectivity index (χ2v) is 5.69. The van der Waals surface area contributed by atoms with Crippen LogP contribution >= 0.6 is 0 Å². The molecule has 0 spiro atoms. The maximum atomic E-state index is 12.9. The Kier molecular flexibility index (Phi) is 3.74. The van der Waals surface area contributed by atoms with Crippen LogP contribution in [0.25, 0.3) is 22.4 Å². The number of rotatable bonds is 3. The van der Waals surface area contributed by atoms with Crippen molar-refractivity contribution in [3.8, 4) is 11.5 Å². The van der Waals surface area contributed by atoms with Crippen LogP contribution in [0.5, 0.6) is 0 Å². The minimum absolute atomic E-state index is 0.197. The lowest BCUT2D eigenvalue weighted by atomic mass is 10.1. The number of amides is 1. The predicted octanol–water partition coefficient (Wildman–Crippen LogP) is 4.45. The number of aromatic nitrogens is 2. The van der Waals surface area contributed by atoms with Crippen LogP contribution in [0.2, 0.25) is 0 Å². The van der Waals surface area contributed by atoms with Crippen LogP contribution in [0.4, 0.5) is 5.69 Å². The van der Waals surface area contributed by atoms with Gasteiger partial charge in [0.05, 0.1) is 17.3 Å². The van der Waals surface area contributed by atoms with E-state index < -0.39 is 0 Å². The largest absolute Gasteiger partial charge is 0.463 e. The van der Waals surface area contributed by atoms with Crippen LogP contribution in [-0.4, -0.2) is 15.9 Å². The molecule has 0 bridgehead atoms. The molecule has 1 N–H and O–H groups in total. The average molecular weight is 329 g/mol. The first-order valence-corrected chi connectivity index (χ1v) is 7.88. The Labute approximate surface area is 144 Å². The van der Waals surface area contributed by atoms with E-state index in [1.54, 1.807) is 30.7 Å². The van der Waals surface area contributed by atoms with Crippen LogP contribution in [-0.2, 0) is 0 Å². The number of nitrogens with zero attached hydrogens (tertiary/aromatic N) is 2. The molecular formula is C20H15N3O2. The van der Waals surface area contributed by atoms with E-state index in [1.165, 1.54) is 0 Å². The Morgan fingerprint density at radius 2 is 1.96 bits per heavy atom. The summed E-state index contributed by atoms with van der Waals surface area (Å²) in [4.78, 5) is 21.6. The summed E-state index contributed by atoms with van der Waals surface area (Å²) in [5.74, 6) is 0.427. The van der Waals surface area contributed by atoms with Crippen molar-refractivity contribution >= 4 is 22.5 Å². The first-order chi connectivity index (χ1) is 12.2. The molecule has 0 atom stereocenters. The lowest BCUT2D eigenvalue weighted by molar-refractivity contribution is 0.102. The van der Waals surface area contributed by atoms with Gasteiger partial charge in [-0.15, -0.1) is 0 Å². The van der Waals surface area contributed by atoms with E-state index >= 15 is 0 Å². The van der Waals surface area contributed by atoms with Gasteiger partial charge in [0.1, 0.15) is 5.69 Å². The zero-order valence-electron chi connectivity index (χ0n) is 13.6. The SMILES string of the molecule is Cc1cc(NC(=O)c2cc(-c3ccco3)nc3ccccc23)ccn1. The number of furan rings is 1. The van der Waals surface area contributed by atoms with Gasteiger partial charge in [-0.1, -0.05) is 18.2 Å². The van der Waals surface area contributed by atoms with Crippen LogP contribution in [0.1, 0.15) is 16.1 Å². The smallest absolute Gasteiger partial charge is 0.256 e. The number of carbonyl (C=O) groups is 1. The molecule has 0 aliphatic heterocycles. The molecule has 1 amide bonds. The molecule has 122 valence electrons. The van der Waals surface area contributed by atoms with E-state index in [0.29, 0.717) is 22.7 Å². The number of para-hydroxylation sites is 1. The average Bonchev–Trinajstić information content (AvgIpc) is 3.15. The third kappa shape index (κ3) is 2.99.